The molecule has 1 aliphatic heterocycles. The van der Waals surface area contributed by atoms with E-state index >= 15 is 0 Å². The number of ether oxygens (including phenoxy) is 2. The Morgan fingerprint density at radius 1 is 1.20 bits per heavy atom. The molecular weight excluding hydrogens is 188 g/mol. The third kappa shape index (κ3) is 2.06. The van der Waals surface area contributed by atoms with Crippen molar-refractivity contribution in [2.24, 2.45) is 5.92 Å². The number of hydrogen-bond acceptors (Lipinski definition) is 2. The van der Waals surface area contributed by atoms with Crippen LogP contribution in [0.3, 0.4) is 0 Å². The van der Waals surface area contributed by atoms with E-state index in [0.29, 0.717) is 18.1 Å². The van der Waals surface area contributed by atoms with Crippen molar-refractivity contribution < 1.29 is 9.47 Å². The highest BCUT2D eigenvalue weighted by Gasteiger charge is 2.49. The van der Waals surface area contributed by atoms with Gasteiger partial charge < -0.3 is 9.47 Å². The van der Waals surface area contributed by atoms with Crippen LogP contribution in [0.4, 0.5) is 0 Å². The first-order valence-electron chi connectivity index (χ1n) is 5.70. The molecular formula is C13H16O2. The summed E-state index contributed by atoms with van der Waals surface area (Å²) in [5.74, 6) is 0.652. The summed E-state index contributed by atoms with van der Waals surface area (Å²) in [5.41, 5.74) is 1.25. The second-order valence-corrected chi connectivity index (χ2v) is 4.48. The van der Waals surface area contributed by atoms with Gasteiger partial charge >= 0.3 is 0 Å². The molecule has 0 N–H and O–H groups in total. The highest BCUT2D eigenvalue weighted by Crippen LogP contribution is 2.42. The van der Waals surface area contributed by atoms with Crippen molar-refractivity contribution in [2.45, 2.75) is 31.7 Å². The Kier molecular flexibility index (Phi) is 2.47. The predicted octanol–water partition coefficient (Wildman–Crippen LogP) is 2.38. The lowest BCUT2D eigenvalue weighted by molar-refractivity contribution is 0.0720. The van der Waals surface area contributed by atoms with Crippen LogP contribution in [0.2, 0.25) is 0 Å². The van der Waals surface area contributed by atoms with Crippen molar-refractivity contribution in [3.05, 3.63) is 35.9 Å². The second kappa shape index (κ2) is 3.95. The zero-order chi connectivity index (χ0) is 10.1. The van der Waals surface area contributed by atoms with Crippen LogP contribution in [0.1, 0.15) is 18.4 Å². The van der Waals surface area contributed by atoms with Gasteiger partial charge in [-0.3, -0.25) is 0 Å². The summed E-state index contributed by atoms with van der Waals surface area (Å²) >= 11 is 0. The smallest absolute Gasteiger partial charge is 0.0891 e. The molecule has 1 heterocycles. The number of benzene rings is 1. The van der Waals surface area contributed by atoms with E-state index in [1.54, 1.807) is 0 Å². The van der Waals surface area contributed by atoms with Crippen molar-refractivity contribution in [1.29, 1.82) is 0 Å². The third-order valence-electron chi connectivity index (χ3n) is 3.35. The molecule has 80 valence electrons. The molecule has 0 aromatic heterocycles. The summed E-state index contributed by atoms with van der Waals surface area (Å²) in [4.78, 5) is 0. The largest absolute Gasteiger partial charge is 0.376 e. The maximum atomic E-state index is 5.72. The van der Waals surface area contributed by atoms with Gasteiger partial charge in [-0.2, -0.15) is 0 Å². The van der Waals surface area contributed by atoms with E-state index in [1.165, 1.54) is 18.4 Å². The molecule has 3 rings (SSSR count). The summed E-state index contributed by atoms with van der Waals surface area (Å²) in [6.07, 6.45) is 3.63. The molecule has 2 nitrogen and oxygen atoms in total. The molecule has 0 radical (unpaired) electrons. The van der Waals surface area contributed by atoms with Crippen LogP contribution in [-0.2, 0) is 16.1 Å². The van der Waals surface area contributed by atoms with Gasteiger partial charge in [0.05, 0.1) is 25.4 Å². The molecule has 1 aliphatic carbocycles. The van der Waals surface area contributed by atoms with Crippen LogP contribution in [0.25, 0.3) is 0 Å². The normalized spacial score (nSPS) is 32.7. The molecule has 1 aromatic rings. The minimum Gasteiger partial charge on any atom is -0.376 e. The van der Waals surface area contributed by atoms with Crippen molar-refractivity contribution in [1.82, 2.24) is 0 Å². The first-order chi connectivity index (χ1) is 7.43. The minimum absolute atomic E-state index is 0.528. The van der Waals surface area contributed by atoms with E-state index in [0.717, 1.165) is 13.2 Å². The molecule has 1 saturated heterocycles. The standard InChI is InChI=1S/C13H16O2/c1-2-4-10(5-3-1)8-14-9-11-6-7-12-13(11)15-12/h1-5,11-13H,6-9H2/t11-,12+,13-/m0/s1. The lowest BCUT2D eigenvalue weighted by Gasteiger charge is -2.10. The van der Waals surface area contributed by atoms with Crippen LogP contribution in [0.5, 0.6) is 0 Å². The Balaban J connectivity index is 1.43. The van der Waals surface area contributed by atoms with Gasteiger partial charge in [-0.15, -0.1) is 0 Å². The first kappa shape index (κ1) is 9.37. The molecule has 2 fully saturated rings. The molecule has 15 heavy (non-hydrogen) atoms. The van der Waals surface area contributed by atoms with Crippen LogP contribution in [0.15, 0.2) is 30.3 Å². The van der Waals surface area contributed by atoms with E-state index in [1.807, 2.05) is 18.2 Å². The fourth-order valence-electron chi connectivity index (χ4n) is 2.43. The number of fused-ring (bicyclic) bond motifs is 1. The van der Waals surface area contributed by atoms with Crippen LogP contribution >= 0.6 is 0 Å². The van der Waals surface area contributed by atoms with Crippen LogP contribution in [-0.4, -0.2) is 18.8 Å². The monoisotopic (exact) mass is 204 g/mol. The Labute approximate surface area is 90.2 Å². The second-order valence-electron chi connectivity index (χ2n) is 4.48. The van der Waals surface area contributed by atoms with E-state index in [-0.39, 0.29) is 0 Å². The highest BCUT2D eigenvalue weighted by molar-refractivity contribution is 5.13. The van der Waals surface area contributed by atoms with E-state index < -0.39 is 0 Å². The third-order valence-corrected chi connectivity index (χ3v) is 3.35. The summed E-state index contributed by atoms with van der Waals surface area (Å²) in [6.45, 7) is 1.59. The molecule has 1 aromatic carbocycles. The molecule has 2 heteroatoms. The summed E-state index contributed by atoms with van der Waals surface area (Å²) in [6, 6.07) is 10.3. The van der Waals surface area contributed by atoms with Gasteiger partial charge in [0.25, 0.3) is 0 Å². The fraction of sp³-hybridized carbons (Fsp3) is 0.538. The molecule has 0 unspecified atom stereocenters. The number of epoxide rings is 1. The molecule has 0 amide bonds. The van der Waals surface area contributed by atoms with Gasteiger partial charge in [-0.1, -0.05) is 30.3 Å². The van der Waals surface area contributed by atoms with Gasteiger partial charge in [0, 0.05) is 5.92 Å². The molecule has 1 saturated carbocycles. The number of hydrogen-bond donors (Lipinski definition) is 0. The predicted molar refractivity (Wildman–Crippen MR) is 57.5 cm³/mol. The SMILES string of the molecule is c1ccc(COC[C@@H]2CC[C@H]3O[C@@H]23)cc1. The molecule has 0 bridgehead atoms. The minimum atomic E-state index is 0.528. The maximum absolute atomic E-state index is 5.72. The van der Waals surface area contributed by atoms with Gasteiger partial charge in [-0.25, -0.2) is 0 Å². The lowest BCUT2D eigenvalue weighted by Crippen LogP contribution is -2.12. The molecule has 3 atom stereocenters. The average Bonchev–Trinajstić information content (AvgIpc) is 2.96. The summed E-state index contributed by atoms with van der Waals surface area (Å²) in [7, 11) is 0. The quantitative estimate of drug-likeness (QED) is 0.702. The summed E-state index contributed by atoms with van der Waals surface area (Å²) < 4.78 is 11.2. The zero-order valence-electron chi connectivity index (χ0n) is 8.76. The zero-order valence-corrected chi connectivity index (χ0v) is 8.76. The molecule has 2 aliphatic rings. The van der Waals surface area contributed by atoms with Crippen molar-refractivity contribution in [3.63, 3.8) is 0 Å². The van der Waals surface area contributed by atoms with Gasteiger partial charge in [0.2, 0.25) is 0 Å². The van der Waals surface area contributed by atoms with Crippen molar-refractivity contribution in [3.8, 4) is 0 Å². The average molecular weight is 204 g/mol. The van der Waals surface area contributed by atoms with Gasteiger partial charge in [-0.05, 0) is 18.4 Å². The molecule has 0 spiro atoms. The lowest BCUT2D eigenvalue weighted by atomic mass is 10.1. The van der Waals surface area contributed by atoms with Crippen molar-refractivity contribution >= 4 is 0 Å². The topological polar surface area (TPSA) is 21.8 Å². The van der Waals surface area contributed by atoms with Gasteiger partial charge in [0.1, 0.15) is 0 Å². The van der Waals surface area contributed by atoms with E-state index in [2.05, 4.69) is 12.1 Å². The van der Waals surface area contributed by atoms with E-state index in [4.69, 9.17) is 9.47 Å². The fourth-order valence-corrected chi connectivity index (χ4v) is 2.43. The van der Waals surface area contributed by atoms with Crippen molar-refractivity contribution in [2.75, 3.05) is 6.61 Å². The Hall–Kier alpha value is -0.860. The van der Waals surface area contributed by atoms with Crippen LogP contribution < -0.4 is 0 Å². The Bertz CT molecular complexity index is 323. The maximum Gasteiger partial charge on any atom is 0.0891 e. The Morgan fingerprint density at radius 3 is 2.73 bits per heavy atom. The highest BCUT2D eigenvalue weighted by atomic mass is 16.6. The van der Waals surface area contributed by atoms with Crippen LogP contribution in [0, 0.1) is 5.92 Å². The van der Waals surface area contributed by atoms with Gasteiger partial charge in [0.15, 0.2) is 0 Å². The van der Waals surface area contributed by atoms with E-state index in [9.17, 15) is 0 Å². The summed E-state index contributed by atoms with van der Waals surface area (Å²) in [5, 5.41) is 0. The Morgan fingerprint density at radius 2 is 2.07 bits per heavy atom. The number of rotatable bonds is 4. The first-order valence-corrected chi connectivity index (χ1v) is 5.70.